The van der Waals surface area contributed by atoms with Crippen LogP contribution in [-0.2, 0) is 12.7 Å². The van der Waals surface area contributed by atoms with Crippen LogP contribution in [0.4, 0.5) is 36.4 Å². The van der Waals surface area contributed by atoms with E-state index in [-0.39, 0.29) is 34.1 Å². The summed E-state index contributed by atoms with van der Waals surface area (Å²) in [6, 6.07) is 2.64. The van der Waals surface area contributed by atoms with Crippen LogP contribution in [0.5, 0.6) is 0 Å². The second-order valence-electron chi connectivity index (χ2n) is 9.18. The SMILES string of the molecule is C[C@@H](C[C@H](F)Cn1ccc2cc(-c3ncc([C@@H](O)C(F)F)cn3)c(F)cc2c1=O)Nc1cn[nH]c(=O)c1C(F)(F)F. The summed E-state index contributed by atoms with van der Waals surface area (Å²) in [6.45, 7) is 0.887. The van der Waals surface area contributed by atoms with Gasteiger partial charge in [-0.1, -0.05) is 0 Å². The van der Waals surface area contributed by atoms with Crippen LogP contribution in [0.2, 0.25) is 0 Å². The molecule has 0 aliphatic carbocycles. The molecule has 1 aromatic carbocycles. The number of anilines is 1. The van der Waals surface area contributed by atoms with E-state index < -0.39 is 65.7 Å². The summed E-state index contributed by atoms with van der Waals surface area (Å²) in [6.07, 6.45) is -8.37. The van der Waals surface area contributed by atoms with Crippen LogP contribution in [0.25, 0.3) is 22.2 Å². The number of H-pyrrole nitrogens is 1. The van der Waals surface area contributed by atoms with Gasteiger partial charge in [-0.3, -0.25) is 9.59 Å². The average Bonchev–Trinajstić information content (AvgIpc) is 2.89. The van der Waals surface area contributed by atoms with Gasteiger partial charge in [-0.15, -0.1) is 0 Å². The van der Waals surface area contributed by atoms with E-state index in [1.54, 1.807) is 5.10 Å². The van der Waals surface area contributed by atoms with Crippen LogP contribution >= 0.6 is 0 Å². The number of hydrogen-bond acceptors (Lipinski definition) is 7. The van der Waals surface area contributed by atoms with Gasteiger partial charge in [-0.25, -0.2) is 32.6 Å². The summed E-state index contributed by atoms with van der Waals surface area (Å²) in [7, 11) is 0. The Morgan fingerprint density at radius 2 is 1.78 bits per heavy atom. The first-order chi connectivity index (χ1) is 19.3. The first-order valence-corrected chi connectivity index (χ1v) is 11.9. The first-order valence-electron chi connectivity index (χ1n) is 11.9. The number of nitrogens with one attached hydrogen (secondary N) is 2. The third-order valence-corrected chi connectivity index (χ3v) is 6.10. The second kappa shape index (κ2) is 11.6. The zero-order valence-electron chi connectivity index (χ0n) is 21.0. The monoisotopic (exact) mass is 586 g/mol. The molecule has 3 N–H and O–H groups in total. The van der Waals surface area contributed by atoms with Crippen molar-refractivity contribution in [1.29, 1.82) is 0 Å². The molecule has 218 valence electrons. The number of aromatic nitrogens is 5. The molecule has 3 atom stereocenters. The summed E-state index contributed by atoms with van der Waals surface area (Å²) >= 11 is 0. The van der Waals surface area contributed by atoms with Crippen LogP contribution in [-0.4, -0.2) is 48.5 Å². The summed E-state index contributed by atoms with van der Waals surface area (Å²) in [5.41, 5.74) is -4.76. The van der Waals surface area contributed by atoms with E-state index in [2.05, 4.69) is 20.4 Å². The Morgan fingerprint density at radius 1 is 1.10 bits per heavy atom. The largest absolute Gasteiger partial charge is 0.423 e. The highest BCUT2D eigenvalue weighted by molar-refractivity contribution is 5.86. The normalized spacial score (nSPS) is 14.3. The molecule has 0 saturated heterocycles. The molecule has 0 aliphatic rings. The van der Waals surface area contributed by atoms with Crippen molar-refractivity contribution in [2.24, 2.45) is 0 Å². The van der Waals surface area contributed by atoms with Crippen molar-refractivity contribution >= 4 is 16.5 Å². The number of pyridine rings is 1. The van der Waals surface area contributed by atoms with Crippen LogP contribution in [0.15, 0.2) is 52.6 Å². The fourth-order valence-electron chi connectivity index (χ4n) is 4.18. The number of aliphatic hydroxyl groups is 1. The number of rotatable bonds is 9. The van der Waals surface area contributed by atoms with E-state index in [0.29, 0.717) is 0 Å². The molecule has 0 amide bonds. The Morgan fingerprint density at radius 3 is 2.41 bits per heavy atom. The third kappa shape index (κ3) is 6.53. The van der Waals surface area contributed by atoms with Crippen molar-refractivity contribution in [2.45, 2.75) is 50.8 Å². The Bertz CT molecular complexity index is 1660. The molecule has 0 fully saturated rings. The van der Waals surface area contributed by atoms with Gasteiger partial charge in [-0.2, -0.15) is 18.3 Å². The number of alkyl halides is 6. The highest BCUT2D eigenvalue weighted by Gasteiger charge is 2.37. The fraction of sp³-hybridized carbons (Fsp3) is 0.320. The maximum absolute atomic E-state index is 14.9. The van der Waals surface area contributed by atoms with Crippen LogP contribution in [0, 0.1) is 5.82 Å². The van der Waals surface area contributed by atoms with Gasteiger partial charge in [0, 0.05) is 36.6 Å². The van der Waals surface area contributed by atoms with Crippen LogP contribution in [0.3, 0.4) is 0 Å². The van der Waals surface area contributed by atoms with Crippen molar-refractivity contribution in [1.82, 2.24) is 24.7 Å². The second-order valence-corrected chi connectivity index (χ2v) is 9.18. The number of nitrogens with zero attached hydrogens (tertiary/aromatic N) is 4. The molecule has 4 rings (SSSR count). The number of benzene rings is 1. The Balaban J connectivity index is 1.50. The number of hydrogen-bond donors (Lipinski definition) is 3. The average molecular weight is 586 g/mol. The first kappa shape index (κ1) is 29.6. The Hall–Kier alpha value is -4.34. The molecule has 41 heavy (non-hydrogen) atoms. The summed E-state index contributed by atoms with van der Waals surface area (Å²) in [5, 5.41) is 17.0. The zero-order chi connectivity index (χ0) is 30.1. The molecule has 3 aromatic heterocycles. The van der Waals surface area contributed by atoms with Gasteiger partial charge >= 0.3 is 6.18 Å². The molecule has 0 spiro atoms. The fourth-order valence-corrected chi connectivity index (χ4v) is 4.18. The standard InChI is InChI=1S/C25H21F7N6O3/c1-11(36-18-9-35-37-23(40)19(18)25(30,31)32)4-14(26)10-38-3-2-12-5-16(17(27)6-15(12)24(38)41)22-33-7-13(8-34-22)20(39)21(28)29/h2-3,5-9,11,14,20-21,39H,4,10H2,1H3,(H2,36,37,40)/t11-,14-,20+/m0/s1. The number of aromatic amines is 1. The zero-order valence-corrected chi connectivity index (χ0v) is 21.0. The van der Waals surface area contributed by atoms with E-state index in [1.165, 1.54) is 25.3 Å². The topological polar surface area (TPSA) is 126 Å². The Labute approximate surface area is 225 Å². The smallest absolute Gasteiger partial charge is 0.382 e. The van der Waals surface area contributed by atoms with Gasteiger partial charge in [0.15, 0.2) is 5.82 Å². The Kier molecular flexibility index (Phi) is 8.42. The van der Waals surface area contributed by atoms with E-state index in [0.717, 1.165) is 29.2 Å². The molecule has 0 aliphatic heterocycles. The molecule has 4 aromatic rings. The summed E-state index contributed by atoms with van der Waals surface area (Å²) < 4.78 is 95.8. The van der Waals surface area contributed by atoms with Gasteiger partial charge in [-0.05, 0) is 30.5 Å². The highest BCUT2D eigenvalue weighted by atomic mass is 19.4. The van der Waals surface area contributed by atoms with Crippen molar-refractivity contribution in [3.05, 3.63) is 80.6 Å². The minimum absolute atomic E-state index is 0.110. The van der Waals surface area contributed by atoms with Gasteiger partial charge in [0.1, 0.15) is 23.7 Å². The number of halogens is 7. The molecule has 3 heterocycles. The lowest BCUT2D eigenvalue weighted by molar-refractivity contribution is -0.138. The minimum Gasteiger partial charge on any atom is -0.382 e. The maximum atomic E-state index is 14.9. The molecular weight excluding hydrogens is 565 g/mol. The minimum atomic E-state index is -4.98. The number of fused-ring (bicyclic) bond motifs is 1. The number of aliphatic hydroxyl groups excluding tert-OH is 1. The van der Waals surface area contributed by atoms with Gasteiger partial charge < -0.3 is 15.0 Å². The molecule has 16 heteroatoms. The van der Waals surface area contributed by atoms with Gasteiger partial charge in [0.2, 0.25) is 0 Å². The van der Waals surface area contributed by atoms with Crippen LogP contribution in [0.1, 0.15) is 30.6 Å². The van der Waals surface area contributed by atoms with Gasteiger partial charge in [0.25, 0.3) is 17.5 Å². The van der Waals surface area contributed by atoms with Gasteiger partial charge in [0.05, 0.1) is 29.4 Å². The summed E-state index contributed by atoms with van der Waals surface area (Å²) in [5.74, 6) is -1.11. The molecule has 0 bridgehead atoms. The van der Waals surface area contributed by atoms with E-state index in [4.69, 9.17) is 0 Å². The molecule has 0 unspecified atom stereocenters. The van der Waals surface area contributed by atoms with Crippen LogP contribution < -0.4 is 16.4 Å². The molecule has 0 saturated carbocycles. The predicted molar refractivity (Wildman–Crippen MR) is 133 cm³/mol. The predicted octanol–water partition coefficient (Wildman–Crippen LogP) is 4.23. The quantitative estimate of drug-likeness (QED) is 0.251. The lowest BCUT2D eigenvalue weighted by Crippen LogP contribution is -2.30. The van der Waals surface area contributed by atoms with Crippen molar-refractivity contribution in [3.63, 3.8) is 0 Å². The lowest BCUT2D eigenvalue weighted by Gasteiger charge is -2.20. The highest BCUT2D eigenvalue weighted by Crippen LogP contribution is 2.32. The van der Waals surface area contributed by atoms with E-state index in [9.17, 15) is 45.4 Å². The lowest BCUT2D eigenvalue weighted by atomic mass is 10.1. The van der Waals surface area contributed by atoms with E-state index >= 15 is 0 Å². The van der Waals surface area contributed by atoms with E-state index in [1.807, 2.05) is 0 Å². The van der Waals surface area contributed by atoms with Crippen molar-refractivity contribution in [3.8, 4) is 11.4 Å². The maximum Gasteiger partial charge on any atom is 0.423 e. The molecule has 0 radical (unpaired) electrons. The third-order valence-electron chi connectivity index (χ3n) is 6.10. The molecular formula is C25H21F7N6O3. The summed E-state index contributed by atoms with van der Waals surface area (Å²) in [4.78, 5) is 32.2. The van der Waals surface area contributed by atoms with Crippen molar-refractivity contribution < 1.29 is 35.8 Å². The van der Waals surface area contributed by atoms with Crippen molar-refractivity contribution in [2.75, 3.05) is 5.32 Å². The molecule has 9 nitrogen and oxygen atoms in total.